The lowest BCUT2D eigenvalue weighted by molar-refractivity contribution is 0.684. The van der Waals surface area contributed by atoms with E-state index in [1.165, 1.54) is 0 Å². The summed E-state index contributed by atoms with van der Waals surface area (Å²) >= 11 is 0. The third kappa shape index (κ3) is 2.23. The van der Waals surface area contributed by atoms with Crippen molar-refractivity contribution in [3.05, 3.63) is 17.5 Å². The number of hydrogen-bond donors (Lipinski definition) is 3. The molecule has 0 saturated heterocycles. The zero-order valence-electron chi connectivity index (χ0n) is 8.70. The third-order valence-corrected chi connectivity index (χ3v) is 2.05. The molecular formula is C8H16N6. The minimum Gasteiger partial charge on any atom is -0.350 e. The first-order valence-corrected chi connectivity index (χ1v) is 4.33. The highest BCUT2D eigenvalue weighted by atomic mass is 15.3. The van der Waals surface area contributed by atoms with Gasteiger partial charge in [-0.1, -0.05) is 0 Å². The Labute approximate surface area is 83.2 Å². The highest BCUT2D eigenvalue weighted by Gasteiger charge is 2.04. The topological polar surface area (TPSA) is 80.3 Å². The van der Waals surface area contributed by atoms with Gasteiger partial charge in [0.1, 0.15) is 0 Å². The molecule has 0 atom stereocenters. The first kappa shape index (κ1) is 10.5. The number of nitrogens with one attached hydrogen (secondary N) is 2. The van der Waals surface area contributed by atoms with Crippen molar-refractivity contribution in [3.63, 3.8) is 0 Å². The van der Waals surface area contributed by atoms with Crippen LogP contribution >= 0.6 is 0 Å². The Bertz CT molecular complexity index is 307. The number of hydrogen-bond acceptors (Lipinski definition) is 3. The maximum absolute atomic E-state index is 5.23. The smallest absolute Gasteiger partial charge is 0.205 e. The number of nitrogens with two attached hydrogens (primary N) is 1. The van der Waals surface area contributed by atoms with Crippen molar-refractivity contribution >= 4 is 5.96 Å². The van der Waals surface area contributed by atoms with Gasteiger partial charge in [-0.3, -0.25) is 15.1 Å². The standard InChI is InChI=1S/C8H16N6/c1-6-4-12-14(3)7(6)5-11-8(10-2)13-9/h4H,5,9H2,1-3H3,(H2,10,11,13). The van der Waals surface area contributed by atoms with Crippen LogP contribution in [0.4, 0.5) is 0 Å². The molecular weight excluding hydrogens is 180 g/mol. The molecule has 0 spiro atoms. The van der Waals surface area contributed by atoms with E-state index in [9.17, 15) is 0 Å². The first-order chi connectivity index (χ1) is 6.69. The Morgan fingerprint density at radius 2 is 2.43 bits per heavy atom. The summed E-state index contributed by atoms with van der Waals surface area (Å²) in [6.45, 7) is 2.67. The number of rotatable bonds is 2. The second kappa shape index (κ2) is 4.61. The maximum atomic E-state index is 5.23. The third-order valence-electron chi connectivity index (χ3n) is 2.05. The van der Waals surface area contributed by atoms with Crippen LogP contribution in [0.25, 0.3) is 0 Å². The first-order valence-electron chi connectivity index (χ1n) is 4.33. The molecule has 6 heteroatoms. The van der Waals surface area contributed by atoms with Crippen LogP contribution in [0.3, 0.4) is 0 Å². The van der Waals surface area contributed by atoms with Crippen molar-refractivity contribution in [1.29, 1.82) is 0 Å². The van der Waals surface area contributed by atoms with Gasteiger partial charge in [-0.15, -0.1) is 0 Å². The molecule has 6 nitrogen and oxygen atoms in total. The number of guanidine groups is 1. The van der Waals surface area contributed by atoms with E-state index in [0.717, 1.165) is 11.3 Å². The fourth-order valence-electron chi connectivity index (χ4n) is 1.19. The van der Waals surface area contributed by atoms with E-state index in [-0.39, 0.29) is 0 Å². The van der Waals surface area contributed by atoms with E-state index in [2.05, 4.69) is 20.8 Å². The number of nitrogens with zero attached hydrogens (tertiary/aromatic N) is 3. The highest BCUT2D eigenvalue weighted by Crippen LogP contribution is 2.04. The second-order valence-corrected chi connectivity index (χ2v) is 2.97. The van der Waals surface area contributed by atoms with Crippen molar-refractivity contribution in [2.75, 3.05) is 7.05 Å². The highest BCUT2D eigenvalue weighted by molar-refractivity contribution is 5.78. The van der Waals surface area contributed by atoms with Gasteiger partial charge >= 0.3 is 0 Å². The predicted molar refractivity (Wildman–Crippen MR) is 55.5 cm³/mol. The molecule has 0 radical (unpaired) electrons. The fraction of sp³-hybridized carbons (Fsp3) is 0.500. The molecule has 0 aliphatic rings. The van der Waals surface area contributed by atoms with Crippen LogP contribution in [0.5, 0.6) is 0 Å². The minimum atomic E-state index is 0.561. The van der Waals surface area contributed by atoms with Gasteiger partial charge in [0, 0.05) is 14.1 Å². The molecule has 0 fully saturated rings. The summed E-state index contributed by atoms with van der Waals surface area (Å²) in [5.74, 6) is 5.79. The minimum absolute atomic E-state index is 0.561. The lowest BCUT2D eigenvalue weighted by atomic mass is 10.3. The largest absolute Gasteiger partial charge is 0.350 e. The molecule has 0 aliphatic heterocycles. The molecule has 0 aliphatic carbocycles. The Morgan fingerprint density at radius 1 is 1.71 bits per heavy atom. The Morgan fingerprint density at radius 3 is 2.86 bits per heavy atom. The normalized spacial score (nSPS) is 11.6. The van der Waals surface area contributed by atoms with E-state index >= 15 is 0 Å². The predicted octanol–water partition coefficient (Wildman–Crippen LogP) is -0.733. The number of aliphatic imine (C=N–C) groups is 1. The van der Waals surface area contributed by atoms with E-state index < -0.39 is 0 Å². The maximum Gasteiger partial charge on any atom is 0.205 e. The van der Waals surface area contributed by atoms with Gasteiger partial charge in [0.2, 0.25) is 5.96 Å². The van der Waals surface area contributed by atoms with Crippen LogP contribution in [-0.4, -0.2) is 22.8 Å². The summed E-state index contributed by atoms with van der Waals surface area (Å²) in [7, 11) is 3.57. The Kier molecular flexibility index (Phi) is 3.47. The summed E-state index contributed by atoms with van der Waals surface area (Å²) in [6.07, 6.45) is 1.83. The molecule has 14 heavy (non-hydrogen) atoms. The molecule has 0 saturated carbocycles. The van der Waals surface area contributed by atoms with Gasteiger partial charge in [-0.05, 0) is 12.5 Å². The van der Waals surface area contributed by atoms with Gasteiger partial charge in [-0.2, -0.15) is 5.10 Å². The van der Waals surface area contributed by atoms with Crippen molar-refractivity contribution in [2.45, 2.75) is 13.5 Å². The second-order valence-electron chi connectivity index (χ2n) is 2.97. The molecule has 78 valence electrons. The summed E-state index contributed by atoms with van der Waals surface area (Å²) in [6, 6.07) is 0. The Balaban J connectivity index is 2.61. The van der Waals surface area contributed by atoms with E-state index in [4.69, 9.17) is 5.84 Å². The van der Waals surface area contributed by atoms with Gasteiger partial charge in [0.05, 0.1) is 18.4 Å². The van der Waals surface area contributed by atoms with Crippen LogP contribution in [0.2, 0.25) is 0 Å². The lowest BCUT2D eigenvalue weighted by Gasteiger charge is -2.08. The van der Waals surface area contributed by atoms with Crippen LogP contribution in [0, 0.1) is 6.92 Å². The molecule has 0 amide bonds. The molecule has 1 aromatic heterocycles. The lowest BCUT2D eigenvalue weighted by Crippen LogP contribution is -2.41. The van der Waals surface area contributed by atoms with Gasteiger partial charge in [0.25, 0.3) is 0 Å². The molecule has 0 unspecified atom stereocenters. The van der Waals surface area contributed by atoms with Gasteiger partial charge in [-0.25, -0.2) is 5.84 Å². The van der Waals surface area contributed by atoms with Crippen LogP contribution in [-0.2, 0) is 13.6 Å². The molecule has 1 rings (SSSR count). The Hall–Kier alpha value is -1.56. The summed E-state index contributed by atoms with van der Waals surface area (Å²) in [5.41, 5.74) is 4.72. The van der Waals surface area contributed by atoms with Crippen molar-refractivity contribution in [3.8, 4) is 0 Å². The quantitative estimate of drug-likeness (QED) is 0.252. The molecule has 1 heterocycles. The zero-order valence-corrected chi connectivity index (χ0v) is 8.70. The van der Waals surface area contributed by atoms with Gasteiger partial charge < -0.3 is 5.32 Å². The number of aromatic nitrogens is 2. The fourth-order valence-corrected chi connectivity index (χ4v) is 1.19. The SMILES string of the molecule is CN=C(NN)NCc1c(C)cnn1C. The van der Waals surface area contributed by atoms with Crippen molar-refractivity contribution in [2.24, 2.45) is 17.9 Å². The summed E-state index contributed by atoms with van der Waals surface area (Å²) in [5, 5.41) is 7.19. The molecule has 0 aromatic carbocycles. The van der Waals surface area contributed by atoms with Crippen LogP contribution in [0.15, 0.2) is 11.2 Å². The summed E-state index contributed by atoms with van der Waals surface area (Å²) in [4.78, 5) is 3.91. The van der Waals surface area contributed by atoms with Crippen LogP contribution in [0.1, 0.15) is 11.3 Å². The van der Waals surface area contributed by atoms with Crippen LogP contribution < -0.4 is 16.6 Å². The zero-order chi connectivity index (χ0) is 10.6. The monoisotopic (exact) mass is 196 g/mol. The molecule has 0 bridgehead atoms. The van der Waals surface area contributed by atoms with E-state index in [1.807, 2.05) is 24.9 Å². The summed E-state index contributed by atoms with van der Waals surface area (Å²) < 4.78 is 1.83. The average molecular weight is 196 g/mol. The van der Waals surface area contributed by atoms with Crippen molar-refractivity contribution < 1.29 is 0 Å². The molecule has 1 aromatic rings. The van der Waals surface area contributed by atoms with Crippen molar-refractivity contribution in [1.82, 2.24) is 20.5 Å². The number of aryl methyl sites for hydroxylation is 2. The van der Waals surface area contributed by atoms with Gasteiger partial charge in [0.15, 0.2) is 0 Å². The van der Waals surface area contributed by atoms with E-state index in [0.29, 0.717) is 12.5 Å². The number of hydrazine groups is 1. The van der Waals surface area contributed by atoms with E-state index in [1.54, 1.807) is 7.05 Å². The average Bonchev–Trinajstić information content (AvgIpc) is 2.50. The molecule has 4 N–H and O–H groups in total.